The van der Waals surface area contributed by atoms with Gasteiger partial charge < -0.3 is 5.73 Å². The molecule has 2 aromatic rings. The maximum absolute atomic E-state index is 5.64. The number of hydrogen-bond donors (Lipinski definition) is 1. The second kappa shape index (κ2) is 4.62. The smallest absolute Gasteiger partial charge is 0.0702 e. The van der Waals surface area contributed by atoms with Gasteiger partial charge >= 0.3 is 0 Å². The summed E-state index contributed by atoms with van der Waals surface area (Å²) >= 11 is 0. The fourth-order valence-electron chi connectivity index (χ4n) is 1.90. The average Bonchev–Trinajstić information content (AvgIpc) is 2.28. The first-order valence-corrected chi connectivity index (χ1v) is 5.74. The third-order valence-corrected chi connectivity index (χ3v) is 2.87. The Bertz CT molecular complexity index is 491. The highest BCUT2D eigenvalue weighted by Crippen LogP contribution is 2.17. The Hall–Kier alpha value is -1.41. The number of rotatable bonds is 3. The van der Waals surface area contributed by atoms with Gasteiger partial charge in [0.25, 0.3) is 0 Å². The minimum Gasteiger partial charge on any atom is -0.330 e. The summed E-state index contributed by atoms with van der Waals surface area (Å²) < 4.78 is 0. The minimum absolute atomic E-state index is 0.537. The van der Waals surface area contributed by atoms with Gasteiger partial charge in [0.2, 0.25) is 0 Å². The molecule has 2 N–H and O–H groups in total. The van der Waals surface area contributed by atoms with E-state index >= 15 is 0 Å². The van der Waals surface area contributed by atoms with Crippen LogP contribution in [0.15, 0.2) is 30.5 Å². The van der Waals surface area contributed by atoms with Crippen molar-refractivity contribution in [3.63, 3.8) is 0 Å². The van der Waals surface area contributed by atoms with Crippen LogP contribution < -0.4 is 5.73 Å². The standard InChI is InChI=1S/C14H18N2/c1-10(8-15)5-12-3-4-14-13(7-12)6-11(2)9-16-14/h3-4,6-7,9-10H,5,8,15H2,1-2H3. The zero-order valence-corrected chi connectivity index (χ0v) is 9.90. The normalized spacial score (nSPS) is 12.9. The summed E-state index contributed by atoms with van der Waals surface area (Å²) in [6.45, 7) is 4.99. The van der Waals surface area contributed by atoms with Gasteiger partial charge in [0.15, 0.2) is 0 Å². The molecule has 0 saturated carbocycles. The Morgan fingerprint density at radius 2 is 2.12 bits per heavy atom. The Morgan fingerprint density at radius 1 is 1.31 bits per heavy atom. The van der Waals surface area contributed by atoms with Gasteiger partial charge in [0, 0.05) is 11.6 Å². The second-order valence-corrected chi connectivity index (χ2v) is 4.58. The van der Waals surface area contributed by atoms with Crippen molar-refractivity contribution in [1.82, 2.24) is 4.98 Å². The molecule has 0 radical (unpaired) electrons. The van der Waals surface area contributed by atoms with Crippen LogP contribution in [0.1, 0.15) is 18.1 Å². The van der Waals surface area contributed by atoms with Crippen LogP contribution in [0.5, 0.6) is 0 Å². The first-order chi connectivity index (χ1) is 7.69. The first-order valence-electron chi connectivity index (χ1n) is 5.74. The minimum atomic E-state index is 0.537. The monoisotopic (exact) mass is 214 g/mol. The number of nitrogens with two attached hydrogens (primary N) is 1. The molecule has 0 aliphatic carbocycles. The van der Waals surface area contributed by atoms with Crippen LogP contribution in [0.25, 0.3) is 10.9 Å². The number of hydrogen-bond acceptors (Lipinski definition) is 2. The van der Waals surface area contributed by atoms with Crippen molar-refractivity contribution in [1.29, 1.82) is 0 Å². The van der Waals surface area contributed by atoms with E-state index in [9.17, 15) is 0 Å². The molecular weight excluding hydrogens is 196 g/mol. The van der Waals surface area contributed by atoms with E-state index in [0.29, 0.717) is 5.92 Å². The van der Waals surface area contributed by atoms with Crippen molar-refractivity contribution in [2.45, 2.75) is 20.3 Å². The number of aromatic nitrogens is 1. The summed E-state index contributed by atoms with van der Waals surface area (Å²) in [6, 6.07) is 8.64. The molecular formula is C14H18N2. The molecule has 16 heavy (non-hydrogen) atoms. The number of pyridine rings is 1. The van der Waals surface area contributed by atoms with Crippen LogP contribution in [0.4, 0.5) is 0 Å². The molecule has 0 aliphatic heterocycles. The highest BCUT2D eigenvalue weighted by atomic mass is 14.6. The zero-order chi connectivity index (χ0) is 11.5. The molecule has 1 aromatic carbocycles. The molecule has 1 heterocycles. The molecule has 1 unspecified atom stereocenters. The third kappa shape index (κ3) is 2.39. The molecule has 1 atom stereocenters. The van der Waals surface area contributed by atoms with Crippen molar-refractivity contribution in [2.24, 2.45) is 11.7 Å². The lowest BCUT2D eigenvalue weighted by Gasteiger charge is -2.09. The van der Waals surface area contributed by atoms with E-state index in [-0.39, 0.29) is 0 Å². The van der Waals surface area contributed by atoms with E-state index in [0.717, 1.165) is 18.5 Å². The first kappa shape index (κ1) is 11.1. The lowest BCUT2D eigenvalue weighted by Crippen LogP contribution is -2.12. The summed E-state index contributed by atoms with van der Waals surface area (Å²) in [5, 5.41) is 1.22. The maximum Gasteiger partial charge on any atom is 0.0702 e. The van der Waals surface area contributed by atoms with E-state index in [4.69, 9.17) is 5.73 Å². The Labute approximate surface area is 96.5 Å². The SMILES string of the molecule is Cc1cnc2ccc(CC(C)CN)cc2c1. The average molecular weight is 214 g/mol. The van der Waals surface area contributed by atoms with Crippen molar-refractivity contribution < 1.29 is 0 Å². The van der Waals surface area contributed by atoms with Crippen LogP contribution in [-0.2, 0) is 6.42 Å². The molecule has 84 valence electrons. The molecule has 0 fully saturated rings. The Kier molecular flexibility index (Phi) is 3.20. The van der Waals surface area contributed by atoms with Crippen molar-refractivity contribution >= 4 is 10.9 Å². The molecule has 1 aromatic heterocycles. The summed E-state index contributed by atoms with van der Waals surface area (Å²) in [7, 11) is 0. The molecule has 0 aliphatic rings. The molecule has 0 amide bonds. The van der Waals surface area contributed by atoms with E-state index in [2.05, 4.69) is 43.1 Å². The van der Waals surface area contributed by atoms with Crippen LogP contribution in [0.2, 0.25) is 0 Å². The number of fused-ring (bicyclic) bond motifs is 1. The predicted molar refractivity (Wildman–Crippen MR) is 68.4 cm³/mol. The molecule has 0 bridgehead atoms. The van der Waals surface area contributed by atoms with Crippen LogP contribution in [0.3, 0.4) is 0 Å². The quantitative estimate of drug-likeness (QED) is 0.853. The van der Waals surface area contributed by atoms with Gasteiger partial charge in [0.1, 0.15) is 0 Å². The van der Waals surface area contributed by atoms with E-state index < -0.39 is 0 Å². The van der Waals surface area contributed by atoms with Gasteiger partial charge in [-0.25, -0.2) is 0 Å². The largest absolute Gasteiger partial charge is 0.330 e. The van der Waals surface area contributed by atoms with Crippen LogP contribution in [-0.4, -0.2) is 11.5 Å². The highest BCUT2D eigenvalue weighted by molar-refractivity contribution is 5.79. The fourth-order valence-corrected chi connectivity index (χ4v) is 1.90. The predicted octanol–water partition coefficient (Wildman–Crippen LogP) is 2.68. The van der Waals surface area contributed by atoms with E-state index in [1.54, 1.807) is 0 Å². The lowest BCUT2D eigenvalue weighted by molar-refractivity contribution is 0.593. The maximum atomic E-state index is 5.64. The number of aryl methyl sites for hydroxylation is 1. The molecule has 0 spiro atoms. The van der Waals surface area contributed by atoms with Crippen molar-refractivity contribution in [2.75, 3.05) is 6.54 Å². The number of nitrogens with zero attached hydrogens (tertiary/aromatic N) is 1. The van der Waals surface area contributed by atoms with Gasteiger partial charge in [0.05, 0.1) is 5.52 Å². The van der Waals surface area contributed by atoms with Crippen molar-refractivity contribution in [3.05, 3.63) is 41.6 Å². The summed E-state index contributed by atoms with van der Waals surface area (Å²) in [5.41, 5.74) is 9.26. The van der Waals surface area contributed by atoms with Gasteiger partial charge in [-0.05, 0) is 55.1 Å². The third-order valence-electron chi connectivity index (χ3n) is 2.87. The summed E-state index contributed by atoms with van der Waals surface area (Å²) in [4.78, 5) is 4.40. The number of benzene rings is 1. The second-order valence-electron chi connectivity index (χ2n) is 4.58. The Morgan fingerprint density at radius 3 is 2.88 bits per heavy atom. The zero-order valence-electron chi connectivity index (χ0n) is 9.90. The molecule has 2 heteroatoms. The van der Waals surface area contributed by atoms with Gasteiger partial charge in [-0.3, -0.25) is 4.98 Å². The van der Waals surface area contributed by atoms with Crippen LogP contribution >= 0.6 is 0 Å². The van der Waals surface area contributed by atoms with Gasteiger partial charge in [-0.2, -0.15) is 0 Å². The fraction of sp³-hybridized carbons (Fsp3) is 0.357. The Balaban J connectivity index is 2.35. The lowest BCUT2D eigenvalue weighted by atomic mass is 9.99. The summed E-state index contributed by atoms with van der Waals surface area (Å²) in [6.07, 6.45) is 2.95. The van der Waals surface area contributed by atoms with E-state index in [1.165, 1.54) is 16.5 Å². The molecule has 2 rings (SSSR count). The molecule has 2 nitrogen and oxygen atoms in total. The molecule has 0 saturated heterocycles. The highest BCUT2D eigenvalue weighted by Gasteiger charge is 2.03. The topological polar surface area (TPSA) is 38.9 Å². The van der Waals surface area contributed by atoms with Crippen molar-refractivity contribution in [3.8, 4) is 0 Å². The van der Waals surface area contributed by atoms with Gasteiger partial charge in [-0.15, -0.1) is 0 Å². The van der Waals surface area contributed by atoms with Gasteiger partial charge in [-0.1, -0.05) is 13.0 Å². The van der Waals surface area contributed by atoms with Crippen LogP contribution in [0, 0.1) is 12.8 Å². The van der Waals surface area contributed by atoms with E-state index in [1.807, 2.05) is 6.20 Å². The summed E-state index contributed by atoms with van der Waals surface area (Å²) in [5.74, 6) is 0.537.